The van der Waals surface area contributed by atoms with Crippen LogP contribution < -0.4 is 0 Å². The molecule has 1 atom stereocenters. The molecule has 0 N–H and O–H groups in total. The van der Waals surface area contributed by atoms with E-state index in [1.54, 1.807) is 0 Å². The maximum absolute atomic E-state index is 12.8. The quantitative estimate of drug-likeness (QED) is 0.708. The van der Waals surface area contributed by atoms with E-state index >= 15 is 0 Å². The number of hydrogen-bond acceptors (Lipinski definition) is 1. The molecule has 0 heterocycles. The molecule has 1 nitrogen and oxygen atoms in total. The van der Waals surface area contributed by atoms with Crippen LogP contribution in [-0.4, -0.2) is 25.7 Å². The van der Waals surface area contributed by atoms with Gasteiger partial charge >= 0.3 is 0 Å². The molecule has 1 aromatic carbocycles. The van der Waals surface area contributed by atoms with Crippen LogP contribution in [0.5, 0.6) is 0 Å². The molecule has 0 aliphatic rings. The number of rotatable bonds is 5. The van der Waals surface area contributed by atoms with Gasteiger partial charge in [-0.25, -0.2) is 0 Å². The van der Waals surface area contributed by atoms with Crippen molar-refractivity contribution >= 4 is 33.0 Å². The zero-order valence-corrected chi connectivity index (χ0v) is 16.7. The molecule has 0 saturated carbocycles. The Morgan fingerprint density at radius 2 is 1.55 bits per heavy atom. The standard InChI is InChI=1S/C16H28OSSi2/c1-14-8-10-15(11-9-14)12-16(20(5,6)7)18(17)13-19(2,3)4/h8-12H,13H2,1-7H3/b16-12+. The third kappa shape index (κ3) is 5.89. The van der Waals surface area contributed by atoms with E-state index in [1.165, 1.54) is 15.7 Å². The van der Waals surface area contributed by atoms with Crippen molar-refractivity contribution in [3.05, 3.63) is 39.9 Å². The Labute approximate surface area is 129 Å². The van der Waals surface area contributed by atoms with E-state index in [0.717, 1.165) is 5.38 Å². The zero-order valence-electron chi connectivity index (χ0n) is 13.9. The maximum atomic E-state index is 12.8. The number of benzene rings is 1. The fourth-order valence-electron chi connectivity index (χ4n) is 1.91. The van der Waals surface area contributed by atoms with E-state index in [1.807, 2.05) is 0 Å². The minimum atomic E-state index is -1.56. The summed E-state index contributed by atoms with van der Waals surface area (Å²) in [7, 11) is -3.69. The van der Waals surface area contributed by atoms with Gasteiger partial charge in [0.1, 0.15) is 0 Å². The lowest BCUT2D eigenvalue weighted by molar-refractivity contribution is 0.690. The minimum Gasteiger partial charge on any atom is -0.255 e. The second-order valence-electron chi connectivity index (χ2n) is 7.72. The predicted molar refractivity (Wildman–Crippen MR) is 98.9 cm³/mol. The van der Waals surface area contributed by atoms with Crippen molar-refractivity contribution in [3.8, 4) is 0 Å². The largest absolute Gasteiger partial charge is 0.255 e. The SMILES string of the molecule is Cc1ccc(/C=C(\S(=O)C[Si](C)(C)C)[Si](C)(C)C)cc1. The monoisotopic (exact) mass is 324 g/mol. The van der Waals surface area contributed by atoms with Gasteiger partial charge in [-0.3, -0.25) is 4.21 Å². The van der Waals surface area contributed by atoms with Crippen LogP contribution in [0.4, 0.5) is 0 Å². The van der Waals surface area contributed by atoms with E-state index in [4.69, 9.17) is 0 Å². The van der Waals surface area contributed by atoms with Crippen LogP contribution in [0.2, 0.25) is 39.3 Å². The van der Waals surface area contributed by atoms with Crippen LogP contribution in [0, 0.1) is 6.92 Å². The van der Waals surface area contributed by atoms with Crippen molar-refractivity contribution in [1.82, 2.24) is 0 Å². The molecular weight excluding hydrogens is 296 g/mol. The summed E-state index contributed by atoms with van der Waals surface area (Å²) in [4.78, 5) is 0. The molecule has 4 heteroatoms. The summed E-state index contributed by atoms with van der Waals surface area (Å²) >= 11 is 0. The van der Waals surface area contributed by atoms with E-state index in [-0.39, 0.29) is 0 Å². The maximum Gasteiger partial charge on any atom is 0.0890 e. The Morgan fingerprint density at radius 1 is 1.05 bits per heavy atom. The Hall–Kier alpha value is -0.456. The Balaban J connectivity index is 3.13. The van der Waals surface area contributed by atoms with Crippen molar-refractivity contribution in [1.29, 1.82) is 0 Å². The molecule has 0 fully saturated rings. The van der Waals surface area contributed by atoms with Crippen molar-refractivity contribution in [2.75, 3.05) is 5.38 Å². The molecule has 112 valence electrons. The van der Waals surface area contributed by atoms with Crippen LogP contribution in [0.1, 0.15) is 11.1 Å². The third-order valence-corrected chi connectivity index (χ3v) is 12.2. The average Bonchev–Trinajstić information content (AvgIpc) is 2.24. The summed E-state index contributed by atoms with van der Waals surface area (Å²) in [5.41, 5.74) is 2.44. The average molecular weight is 325 g/mol. The van der Waals surface area contributed by atoms with Gasteiger partial charge in [-0.05, 0) is 18.6 Å². The molecule has 0 amide bonds. The predicted octanol–water partition coefficient (Wildman–Crippen LogP) is 4.84. The van der Waals surface area contributed by atoms with Crippen LogP contribution in [-0.2, 0) is 10.8 Å². The molecule has 0 bridgehead atoms. The van der Waals surface area contributed by atoms with Crippen LogP contribution in [0.15, 0.2) is 28.8 Å². The summed E-state index contributed by atoms with van der Waals surface area (Å²) in [5.74, 6) is 0. The van der Waals surface area contributed by atoms with Crippen molar-refractivity contribution in [3.63, 3.8) is 0 Å². The topological polar surface area (TPSA) is 17.1 Å². The number of hydrogen-bond donors (Lipinski definition) is 0. The highest BCUT2D eigenvalue weighted by molar-refractivity contribution is 7.93. The fraction of sp³-hybridized carbons (Fsp3) is 0.500. The second kappa shape index (κ2) is 6.54. The molecule has 1 aromatic rings. The van der Waals surface area contributed by atoms with Crippen LogP contribution in [0.3, 0.4) is 0 Å². The highest BCUT2D eigenvalue weighted by atomic mass is 32.2. The molecule has 0 aliphatic heterocycles. The van der Waals surface area contributed by atoms with Crippen LogP contribution >= 0.6 is 0 Å². The van der Waals surface area contributed by atoms with E-state index in [2.05, 4.69) is 76.5 Å². The summed E-state index contributed by atoms with van der Waals surface area (Å²) in [6.07, 6.45) is 2.18. The van der Waals surface area contributed by atoms with Gasteiger partial charge in [0.15, 0.2) is 0 Å². The lowest BCUT2D eigenvalue weighted by atomic mass is 10.1. The molecular formula is C16H28OSSi2. The van der Waals surface area contributed by atoms with Crippen molar-refractivity contribution in [2.45, 2.75) is 46.2 Å². The lowest BCUT2D eigenvalue weighted by Gasteiger charge is -2.24. The summed E-state index contributed by atoms with van der Waals surface area (Å²) < 4.78 is 14.0. The first-order valence-electron chi connectivity index (χ1n) is 7.16. The summed E-state index contributed by atoms with van der Waals surface area (Å²) in [6.45, 7) is 15.8. The molecule has 20 heavy (non-hydrogen) atoms. The minimum absolute atomic E-state index is 0.818. The number of aryl methyl sites for hydroxylation is 1. The third-order valence-electron chi connectivity index (χ3n) is 2.92. The fourth-order valence-corrected chi connectivity index (χ4v) is 9.93. The molecule has 0 saturated heterocycles. The molecule has 1 unspecified atom stereocenters. The van der Waals surface area contributed by atoms with Crippen molar-refractivity contribution < 1.29 is 4.21 Å². The first-order valence-corrected chi connectivity index (χ1v) is 15.7. The van der Waals surface area contributed by atoms with Gasteiger partial charge < -0.3 is 0 Å². The molecule has 0 aromatic heterocycles. The highest BCUT2D eigenvalue weighted by Crippen LogP contribution is 2.23. The summed E-state index contributed by atoms with van der Waals surface area (Å²) in [6, 6.07) is 8.49. The van der Waals surface area contributed by atoms with Crippen LogP contribution in [0.25, 0.3) is 6.08 Å². The Bertz CT molecular complexity index is 505. The first-order chi connectivity index (χ1) is 8.99. The second-order valence-corrected chi connectivity index (χ2v) is 20.5. The van der Waals surface area contributed by atoms with Gasteiger partial charge in [0, 0.05) is 20.7 Å². The first kappa shape index (κ1) is 17.6. The van der Waals surface area contributed by atoms with Gasteiger partial charge in [0.25, 0.3) is 0 Å². The zero-order chi connectivity index (χ0) is 15.6. The van der Waals surface area contributed by atoms with Gasteiger partial charge in [0.05, 0.1) is 16.1 Å². The van der Waals surface area contributed by atoms with Gasteiger partial charge in [-0.2, -0.15) is 0 Å². The van der Waals surface area contributed by atoms with Gasteiger partial charge in [-0.15, -0.1) is 0 Å². The van der Waals surface area contributed by atoms with Crippen molar-refractivity contribution in [2.24, 2.45) is 0 Å². The van der Waals surface area contributed by atoms with E-state index in [9.17, 15) is 4.21 Å². The van der Waals surface area contributed by atoms with Gasteiger partial charge in [0.2, 0.25) is 0 Å². The molecule has 0 aliphatic carbocycles. The Kier molecular flexibility index (Phi) is 5.75. The van der Waals surface area contributed by atoms with E-state index in [0.29, 0.717) is 0 Å². The Morgan fingerprint density at radius 3 is 1.95 bits per heavy atom. The molecule has 0 spiro atoms. The normalized spacial score (nSPS) is 15.2. The summed E-state index contributed by atoms with van der Waals surface area (Å²) in [5, 5.41) is 0.870. The highest BCUT2D eigenvalue weighted by Gasteiger charge is 2.28. The smallest absolute Gasteiger partial charge is 0.0890 e. The van der Waals surface area contributed by atoms with Gasteiger partial charge in [-0.1, -0.05) is 69.1 Å². The molecule has 0 radical (unpaired) electrons. The van der Waals surface area contributed by atoms with E-state index < -0.39 is 26.9 Å². The molecule has 1 rings (SSSR count). The lowest BCUT2D eigenvalue weighted by Crippen LogP contribution is -2.35.